The summed E-state index contributed by atoms with van der Waals surface area (Å²) in [7, 11) is 1.94. The number of anilines is 1. The van der Waals surface area contributed by atoms with Gasteiger partial charge >= 0.3 is 0 Å². The highest BCUT2D eigenvalue weighted by Crippen LogP contribution is 2.28. The van der Waals surface area contributed by atoms with Gasteiger partial charge in [-0.2, -0.15) is 0 Å². The monoisotopic (exact) mass is 383 g/mol. The summed E-state index contributed by atoms with van der Waals surface area (Å²) in [5.74, 6) is -0.0349. The summed E-state index contributed by atoms with van der Waals surface area (Å²) in [4.78, 5) is 30.0. The minimum absolute atomic E-state index is 0. The number of benzene rings is 1. The molecule has 0 saturated carbocycles. The van der Waals surface area contributed by atoms with Crippen LogP contribution in [-0.4, -0.2) is 55.7 Å². The average Bonchev–Trinajstić information content (AvgIpc) is 3.03. The molecular formula is C18H26ClN3O2S. The first-order valence-electron chi connectivity index (χ1n) is 8.53. The molecule has 2 heterocycles. The molecule has 0 bridgehead atoms. The predicted molar refractivity (Wildman–Crippen MR) is 105 cm³/mol. The van der Waals surface area contributed by atoms with Crippen molar-refractivity contribution in [3.8, 4) is 0 Å². The number of nitrogens with one attached hydrogen (secondary N) is 1. The molecular weight excluding hydrogens is 358 g/mol. The van der Waals surface area contributed by atoms with Crippen LogP contribution in [-0.2, 0) is 9.59 Å². The third-order valence-electron chi connectivity index (χ3n) is 5.00. The lowest BCUT2D eigenvalue weighted by Gasteiger charge is -2.34. The topological polar surface area (TPSA) is 52.7 Å². The summed E-state index contributed by atoms with van der Waals surface area (Å²) in [6.45, 7) is 2.06. The summed E-state index contributed by atoms with van der Waals surface area (Å²) < 4.78 is 0. The molecule has 2 aliphatic heterocycles. The predicted octanol–water partition coefficient (Wildman–Crippen LogP) is 2.39. The van der Waals surface area contributed by atoms with Crippen molar-refractivity contribution in [2.24, 2.45) is 5.92 Å². The lowest BCUT2D eigenvalue weighted by Crippen LogP contribution is -2.49. The summed E-state index contributed by atoms with van der Waals surface area (Å²) >= 11 is 1.68. The molecule has 0 radical (unpaired) electrons. The maximum Gasteiger partial charge on any atom is 0.228 e. The van der Waals surface area contributed by atoms with Crippen molar-refractivity contribution < 1.29 is 9.59 Å². The zero-order chi connectivity index (χ0) is 17.1. The third kappa shape index (κ3) is 4.49. The highest BCUT2D eigenvalue weighted by Gasteiger charge is 2.38. The van der Waals surface area contributed by atoms with Gasteiger partial charge in [0.15, 0.2) is 0 Å². The van der Waals surface area contributed by atoms with E-state index in [4.69, 9.17) is 0 Å². The summed E-state index contributed by atoms with van der Waals surface area (Å²) in [5.41, 5.74) is 0.889. The molecule has 2 atom stereocenters. The molecule has 2 fully saturated rings. The molecule has 2 unspecified atom stereocenters. The normalized spacial score (nSPS) is 23.5. The van der Waals surface area contributed by atoms with E-state index in [9.17, 15) is 9.59 Å². The van der Waals surface area contributed by atoms with Crippen molar-refractivity contribution in [2.45, 2.75) is 30.2 Å². The first-order chi connectivity index (χ1) is 11.6. The SMILES string of the molecule is CNC1CCCN(C(=O)C2CC(=O)N(c3ccc(SC)cc3)C2)C1.Cl. The summed E-state index contributed by atoms with van der Waals surface area (Å²) in [6.07, 6.45) is 4.49. The number of hydrogen-bond donors (Lipinski definition) is 1. The van der Waals surface area contributed by atoms with E-state index >= 15 is 0 Å². The molecule has 2 saturated heterocycles. The van der Waals surface area contributed by atoms with Gasteiger partial charge in [0.1, 0.15) is 0 Å². The smallest absolute Gasteiger partial charge is 0.228 e. The van der Waals surface area contributed by atoms with Gasteiger partial charge < -0.3 is 15.1 Å². The molecule has 1 N–H and O–H groups in total. The van der Waals surface area contributed by atoms with Crippen LogP contribution in [0.25, 0.3) is 0 Å². The quantitative estimate of drug-likeness (QED) is 0.811. The lowest BCUT2D eigenvalue weighted by molar-refractivity contribution is -0.137. The number of carbonyl (C=O) groups is 2. The van der Waals surface area contributed by atoms with E-state index in [1.54, 1.807) is 16.7 Å². The first kappa shape index (κ1) is 20.1. The van der Waals surface area contributed by atoms with E-state index in [0.717, 1.165) is 31.6 Å². The van der Waals surface area contributed by atoms with Gasteiger partial charge in [-0.25, -0.2) is 0 Å². The van der Waals surface area contributed by atoms with Gasteiger partial charge in [-0.1, -0.05) is 0 Å². The highest BCUT2D eigenvalue weighted by atomic mass is 35.5. The molecule has 2 aliphatic rings. The van der Waals surface area contributed by atoms with Crippen LogP contribution >= 0.6 is 24.2 Å². The van der Waals surface area contributed by atoms with Crippen LogP contribution in [0.2, 0.25) is 0 Å². The van der Waals surface area contributed by atoms with Crippen LogP contribution in [0.5, 0.6) is 0 Å². The second-order valence-corrected chi connectivity index (χ2v) is 7.40. The fourth-order valence-corrected chi connectivity index (χ4v) is 3.96. The molecule has 138 valence electrons. The van der Waals surface area contributed by atoms with Crippen LogP contribution in [0.3, 0.4) is 0 Å². The number of hydrogen-bond acceptors (Lipinski definition) is 4. The number of halogens is 1. The van der Waals surface area contributed by atoms with E-state index < -0.39 is 0 Å². The molecule has 1 aromatic rings. The van der Waals surface area contributed by atoms with Gasteiger partial charge in [0, 0.05) is 42.7 Å². The Kier molecular flexibility index (Phi) is 7.16. The van der Waals surface area contributed by atoms with E-state index in [2.05, 4.69) is 5.32 Å². The van der Waals surface area contributed by atoms with Crippen molar-refractivity contribution in [1.82, 2.24) is 10.2 Å². The summed E-state index contributed by atoms with van der Waals surface area (Å²) in [5, 5.41) is 3.26. The van der Waals surface area contributed by atoms with Crippen LogP contribution in [0.1, 0.15) is 19.3 Å². The largest absolute Gasteiger partial charge is 0.341 e. The Labute approximate surface area is 159 Å². The Bertz CT molecular complexity index is 611. The molecule has 2 amide bonds. The zero-order valence-corrected chi connectivity index (χ0v) is 16.4. The Morgan fingerprint density at radius 3 is 2.60 bits per heavy atom. The van der Waals surface area contributed by atoms with Gasteiger partial charge in [0.05, 0.1) is 5.92 Å². The van der Waals surface area contributed by atoms with Crippen molar-refractivity contribution in [1.29, 1.82) is 0 Å². The maximum absolute atomic E-state index is 12.8. The third-order valence-corrected chi connectivity index (χ3v) is 5.74. The van der Waals surface area contributed by atoms with Gasteiger partial charge in [-0.05, 0) is 50.4 Å². The molecule has 5 nitrogen and oxygen atoms in total. The van der Waals surface area contributed by atoms with Crippen LogP contribution in [0.4, 0.5) is 5.69 Å². The molecule has 0 aromatic heterocycles. The number of likely N-dealkylation sites (N-methyl/N-ethyl adjacent to an activating group) is 1. The van der Waals surface area contributed by atoms with Crippen LogP contribution in [0.15, 0.2) is 29.2 Å². The Morgan fingerprint density at radius 1 is 1.24 bits per heavy atom. The van der Waals surface area contributed by atoms with Gasteiger partial charge in [-0.15, -0.1) is 24.2 Å². The first-order valence-corrected chi connectivity index (χ1v) is 9.75. The minimum atomic E-state index is -0.215. The van der Waals surface area contributed by atoms with Gasteiger partial charge in [0.25, 0.3) is 0 Å². The fraction of sp³-hybridized carbons (Fsp3) is 0.556. The standard InChI is InChI=1S/C18H25N3O2S.ClH/c1-19-14-4-3-9-20(12-14)18(23)13-10-17(22)21(11-13)15-5-7-16(24-2)8-6-15;/h5-8,13-14,19H,3-4,9-12H2,1-2H3;1H. The number of piperidine rings is 1. The van der Waals surface area contributed by atoms with E-state index in [1.807, 2.05) is 42.5 Å². The number of likely N-dealkylation sites (tertiary alicyclic amines) is 1. The average molecular weight is 384 g/mol. The number of nitrogens with zero attached hydrogens (tertiary/aromatic N) is 2. The Morgan fingerprint density at radius 2 is 1.96 bits per heavy atom. The van der Waals surface area contributed by atoms with Crippen molar-refractivity contribution in [2.75, 3.05) is 37.8 Å². The van der Waals surface area contributed by atoms with Crippen LogP contribution < -0.4 is 10.2 Å². The fourth-order valence-electron chi connectivity index (χ4n) is 3.56. The summed E-state index contributed by atoms with van der Waals surface area (Å²) in [6, 6.07) is 8.34. The zero-order valence-electron chi connectivity index (χ0n) is 14.7. The Hall–Kier alpha value is -1.24. The highest BCUT2D eigenvalue weighted by molar-refractivity contribution is 7.98. The maximum atomic E-state index is 12.8. The van der Waals surface area contributed by atoms with E-state index in [-0.39, 0.29) is 30.1 Å². The van der Waals surface area contributed by atoms with Crippen molar-refractivity contribution in [3.05, 3.63) is 24.3 Å². The number of amides is 2. The van der Waals surface area contributed by atoms with Gasteiger partial charge in [0.2, 0.25) is 11.8 Å². The molecule has 1 aromatic carbocycles. The van der Waals surface area contributed by atoms with E-state index in [1.165, 1.54) is 4.90 Å². The molecule has 7 heteroatoms. The second-order valence-electron chi connectivity index (χ2n) is 6.52. The van der Waals surface area contributed by atoms with Crippen LogP contribution in [0, 0.1) is 5.92 Å². The van der Waals surface area contributed by atoms with Gasteiger partial charge in [-0.3, -0.25) is 9.59 Å². The molecule has 25 heavy (non-hydrogen) atoms. The van der Waals surface area contributed by atoms with E-state index in [0.29, 0.717) is 19.0 Å². The number of rotatable bonds is 4. The lowest BCUT2D eigenvalue weighted by atomic mass is 10.0. The minimum Gasteiger partial charge on any atom is -0.341 e. The molecule has 0 spiro atoms. The second kappa shape index (κ2) is 8.92. The number of thioether (sulfide) groups is 1. The van der Waals surface area contributed by atoms with Crippen molar-refractivity contribution >= 4 is 41.7 Å². The van der Waals surface area contributed by atoms with Crippen molar-refractivity contribution in [3.63, 3.8) is 0 Å². The molecule has 3 rings (SSSR count). The number of carbonyl (C=O) groups excluding carboxylic acids is 2. The molecule has 0 aliphatic carbocycles. The Balaban J connectivity index is 0.00000225.